The molecule has 1 aromatic rings. The summed E-state index contributed by atoms with van der Waals surface area (Å²) in [4.78, 5) is 14.2. The van der Waals surface area contributed by atoms with Gasteiger partial charge in [-0.1, -0.05) is 45.0 Å². The fourth-order valence-corrected chi connectivity index (χ4v) is 2.72. The predicted octanol–water partition coefficient (Wildman–Crippen LogP) is 3.07. The molecule has 1 amide bonds. The van der Waals surface area contributed by atoms with Crippen molar-refractivity contribution in [2.75, 3.05) is 7.05 Å². The van der Waals surface area contributed by atoms with Gasteiger partial charge in [0.05, 0.1) is 5.54 Å². The Hall–Kier alpha value is -1.35. The minimum Gasteiger partial charge on any atom is -0.340 e. The smallest absolute Gasteiger partial charge is 0.242 e. The first-order chi connectivity index (χ1) is 9.62. The van der Waals surface area contributed by atoms with Crippen LogP contribution in [-0.4, -0.2) is 23.4 Å². The van der Waals surface area contributed by atoms with E-state index in [1.807, 2.05) is 14.0 Å². The zero-order valence-corrected chi connectivity index (χ0v) is 13.9. The molecule has 0 spiro atoms. The molecule has 0 heterocycles. The maximum atomic E-state index is 12.5. The highest BCUT2D eigenvalue weighted by atomic mass is 16.2. The summed E-state index contributed by atoms with van der Waals surface area (Å²) in [5, 5.41) is 0. The fraction of sp³-hybridized carbons (Fsp3) is 0.611. The molecule has 0 radical (unpaired) electrons. The molecular weight excluding hydrogens is 260 g/mol. The molecule has 116 valence electrons. The molecule has 21 heavy (non-hydrogen) atoms. The van der Waals surface area contributed by atoms with E-state index in [1.165, 1.54) is 5.56 Å². The number of nitrogens with zero attached hydrogens (tertiary/aromatic N) is 1. The van der Waals surface area contributed by atoms with Gasteiger partial charge in [0.2, 0.25) is 5.91 Å². The van der Waals surface area contributed by atoms with Gasteiger partial charge in [-0.25, -0.2) is 0 Å². The molecule has 1 unspecified atom stereocenters. The summed E-state index contributed by atoms with van der Waals surface area (Å²) in [5.74, 6) is 0.403. The van der Waals surface area contributed by atoms with Gasteiger partial charge in [0.1, 0.15) is 0 Å². The lowest BCUT2D eigenvalue weighted by atomic mass is 9.86. The van der Waals surface area contributed by atoms with E-state index in [9.17, 15) is 4.79 Å². The van der Waals surface area contributed by atoms with Crippen molar-refractivity contribution >= 4 is 5.91 Å². The van der Waals surface area contributed by atoms with Crippen molar-refractivity contribution in [2.24, 2.45) is 11.7 Å². The van der Waals surface area contributed by atoms with Gasteiger partial charge < -0.3 is 10.6 Å². The third-order valence-corrected chi connectivity index (χ3v) is 4.47. The van der Waals surface area contributed by atoms with Crippen LogP contribution in [0.2, 0.25) is 0 Å². The first-order valence-electron chi connectivity index (χ1n) is 7.76. The van der Waals surface area contributed by atoms with Crippen LogP contribution in [0.4, 0.5) is 0 Å². The van der Waals surface area contributed by atoms with Crippen LogP contribution in [0.3, 0.4) is 0 Å². The molecule has 1 saturated carbocycles. The molecule has 0 saturated heterocycles. The lowest BCUT2D eigenvalue weighted by molar-refractivity contribution is -0.136. The summed E-state index contributed by atoms with van der Waals surface area (Å²) < 4.78 is 0. The number of nitrogens with two attached hydrogens (primary N) is 1. The second-order valence-electron chi connectivity index (χ2n) is 7.67. The van der Waals surface area contributed by atoms with E-state index < -0.39 is 5.54 Å². The van der Waals surface area contributed by atoms with Gasteiger partial charge >= 0.3 is 0 Å². The molecule has 2 N–H and O–H groups in total. The summed E-state index contributed by atoms with van der Waals surface area (Å²) >= 11 is 0. The average Bonchev–Trinajstić information content (AvgIpc) is 3.21. The molecule has 1 atom stereocenters. The molecule has 0 bridgehead atoms. The Kier molecular flexibility index (Phi) is 4.16. The van der Waals surface area contributed by atoms with Crippen molar-refractivity contribution in [1.82, 2.24) is 4.90 Å². The van der Waals surface area contributed by atoms with Crippen LogP contribution in [0.15, 0.2) is 24.3 Å². The van der Waals surface area contributed by atoms with E-state index in [0.717, 1.165) is 18.4 Å². The summed E-state index contributed by atoms with van der Waals surface area (Å²) in [7, 11) is 1.84. The van der Waals surface area contributed by atoms with Gasteiger partial charge in [-0.3, -0.25) is 4.79 Å². The highest BCUT2D eigenvalue weighted by molar-refractivity contribution is 5.86. The number of hydrogen-bond donors (Lipinski definition) is 1. The Morgan fingerprint density at radius 1 is 1.19 bits per heavy atom. The van der Waals surface area contributed by atoms with Crippen LogP contribution in [-0.2, 0) is 16.8 Å². The number of carbonyl (C=O) groups is 1. The number of rotatable bonds is 4. The van der Waals surface area contributed by atoms with Crippen molar-refractivity contribution < 1.29 is 4.79 Å². The minimum absolute atomic E-state index is 0.0462. The van der Waals surface area contributed by atoms with Crippen LogP contribution in [0, 0.1) is 5.92 Å². The summed E-state index contributed by atoms with van der Waals surface area (Å²) in [6.45, 7) is 9.09. The van der Waals surface area contributed by atoms with Crippen molar-refractivity contribution in [2.45, 2.75) is 58.0 Å². The fourth-order valence-electron chi connectivity index (χ4n) is 2.72. The molecule has 3 heteroatoms. The summed E-state index contributed by atoms with van der Waals surface area (Å²) in [5.41, 5.74) is 8.11. The Balaban J connectivity index is 2.02. The Labute approximate surface area is 128 Å². The Bertz CT molecular complexity index is 507. The third kappa shape index (κ3) is 3.65. The Morgan fingerprint density at radius 3 is 2.14 bits per heavy atom. The van der Waals surface area contributed by atoms with E-state index in [0.29, 0.717) is 12.5 Å². The van der Waals surface area contributed by atoms with Crippen molar-refractivity contribution in [3.63, 3.8) is 0 Å². The highest BCUT2D eigenvalue weighted by Gasteiger charge is 2.45. The van der Waals surface area contributed by atoms with E-state index in [1.54, 1.807) is 4.90 Å². The zero-order chi connectivity index (χ0) is 15.8. The van der Waals surface area contributed by atoms with Crippen LogP contribution in [0.5, 0.6) is 0 Å². The van der Waals surface area contributed by atoms with E-state index in [4.69, 9.17) is 5.73 Å². The highest BCUT2D eigenvalue weighted by Crippen LogP contribution is 2.39. The molecule has 0 aromatic heterocycles. The van der Waals surface area contributed by atoms with E-state index in [2.05, 4.69) is 45.0 Å². The molecule has 1 aromatic carbocycles. The monoisotopic (exact) mass is 288 g/mol. The molecule has 1 aliphatic rings. The van der Waals surface area contributed by atoms with E-state index in [-0.39, 0.29) is 11.3 Å². The van der Waals surface area contributed by atoms with Crippen LogP contribution >= 0.6 is 0 Å². The maximum Gasteiger partial charge on any atom is 0.242 e. The summed E-state index contributed by atoms with van der Waals surface area (Å²) in [6, 6.07) is 8.51. The largest absolute Gasteiger partial charge is 0.340 e. The second kappa shape index (κ2) is 5.45. The summed E-state index contributed by atoms with van der Waals surface area (Å²) in [6.07, 6.45) is 2.15. The van der Waals surface area contributed by atoms with Gasteiger partial charge in [0.25, 0.3) is 0 Å². The van der Waals surface area contributed by atoms with Crippen LogP contribution < -0.4 is 5.73 Å². The van der Waals surface area contributed by atoms with Crippen LogP contribution in [0.25, 0.3) is 0 Å². The molecule has 2 rings (SSSR count). The number of amides is 1. The quantitative estimate of drug-likeness (QED) is 0.925. The number of hydrogen-bond acceptors (Lipinski definition) is 2. The molecule has 0 aliphatic heterocycles. The number of benzene rings is 1. The lowest BCUT2D eigenvalue weighted by Gasteiger charge is -2.29. The molecule has 1 aliphatic carbocycles. The minimum atomic E-state index is -0.708. The second-order valence-corrected chi connectivity index (χ2v) is 7.67. The van der Waals surface area contributed by atoms with Gasteiger partial charge in [-0.15, -0.1) is 0 Å². The third-order valence-electron chi connectivity index (χ3n) is 4.47. The van der Waals surface area contributed by atoms with Gasteiger partial charge in [0, 0.05) is 13.6 Å². The average molecular weight is 288 g/mol. The number of carbonyl (C=O) groups excluding carboxylic acids is 1. The van der Waals surface area contributed by atoms with Crippen molar-refractivity contribution in [1.29, 1.82) is 0 Å². The first-order valence-corrected chi connectivity index (χ1v) is 7.76. The standard InChI is InChI=1S/C18H28N2O/c1-17(2,3)14-8-6-13(7-9-14)12-20(5)16(21)18(4,19)15-10-11-15/h6-9,15H,10-12,19H2,1-5H3. The van der Waals surface area contributed by atoms with Gasteiger partial charge in [-0.2, -0.15) is 0 Å². The van der Waals surface area contributed by atoms with Crippen molar-refractivity contribution in [3.8, 4) is 0 Å². The molecular formula is C18H28N2O. The normalized spacial score (nSPS) is 18.2. The Morgan fingerprint density at radius 2 is 1.71 bits per heavy atom. The lowest BCUT2D eigenvalue weighted by Crippen LogP contribution is -2.53. The zero-order valence-electron chi connectivity index (χ0n) is 13.9. The van der Waals surface area contributed by atoms with Crippen molar-refractivity contribution in [3.05, 3.63) is 35.4 Å². The number of likely N-dealkylation sites (N-methyl/N-ethyl adjacent to an activating group) is 1. The SMILES string of the molecule is CN(Cc1ccc(C(C)(C)C)cc1)C(=O)C(C)(N)C1CC1. The van der Waals surface area contributed by atoms with Gasteiger partial charge in [-0.05, 0) is 42.2 Å². The topological polar surface area (TPSA) is 46.3 Å². The maximum absolute atomic E-state index is 12.5. The first kappa shape index (κ1) is 16.0. The van der Waals surface area contributed by atoms with Gasteiger partial charge in [0.15, 0.2) is 0 Å². The molecule has 1 fully saturated rings. The molecule has 3 nitrogen and oxygen atoms in total. The van der Waals surface area contributed by atoms with E-state index >= 15 is 0 Å². The predicted molar refractivity (Wildman–Crippen MR) is 86.9 cm³/mol. The van der Waals surface area contributed by atoms with Crippen LogP contribution in [0.1, 0.15) is 51.7 Å².